The van der Waals surface area contributed by atoms with Crippen molar-refractivity contribution in [1.29, 1.82) is 0 Å². The van der Waals surface area contributed by atoms with Crippen LogP contribution < -0.4 is 10.6 Å². The highest BCUT2D eigenvalue weighted by Crippen LogP contribution is 2.62. The number of morpholine rings is 1. The molecule has 1 amide bonds. The molecule has 3 atom stereocenters. The Hall–Kier alpha value is -2.07. The van der Waals surface area contributed by atoms with Crippen molar-refractivity contribution in [1.82, 2.24) is 10.2 Å². The van der Waals surface area contributed by atoms with E-state index in [0.29, 0.717) is 62.8 Å². The van der Waals surface area contributed by atoms with Crippen LogP contribution in [0, 0.1) is 5.82 Å². The Morgan fingerprint density at radius 1 is 1.08 bits per heavy atom. The maximum absolute atomic E-state index is 15.9. The van der Waals surface area contributed by atoms with Crippen LogP contribution in [-0.4, -0.2) is 74.2 Å². The number of carbonyl (C=O) groups is 2. The Labute approximate surface area is 237 Å². The Morgan fingerprint density at radius 2 is 1.82 bits per heavy atom. The van der Waals surface area contributed by atoms with Gasteiger partial charge in [0.05, 0.1) is 24.3 Å². The first kappa shape index (κ1) is 27.1. The summed E-state index contributed by atoms with van der Waals surface area (Å²) < 4.78 is 27.0. The van der Waals surface area contributed by atoms with Crippen molar-refractivity contribution < 1.29 is 23.5 Å². The van der Waals surface area contributed by atoms with E-state index in [9.17, 15) is 9.59 Å². The largest absolute Gasteiger partial charge is 0.381 e. The lowest BCUT2D eigenvalue weighted by Crippen LogP contribution is -2.61. The minimum Gasteiger partial charge on any atom is -0.381 e. The van der Waals surface area contributed by atoms with E-state index in [4.69, 9.17) is 32.7 Å². The van der Waals surface area contributed by atoms with Crippen LogP contribution in [0.5, 0.6) is 0 Å². The van der Waals surface area contributed by atoms with Crippen LogP contribution in [0.1, 0.15) is 42.7 Å². The van der Waals surface area contributed by atoms with Gasteiger partial charge in [0.1, 0.15) is 17.0 Å². The molecule has 0 saturated carbocycles. The van der Waals surface area contributed by atoms with Crippen molar-refractivity contribution in [3.63, 3.8) is 0 Å². The van der Waals surface area contributed by atoms with E-state index in [1.807, 2.05) is 6.07 Å². The number of hydrogen-bond donors (Lipinski definition) is 2. The van der Waals surface area contributed by atoms with Crippen LogP contribution in [0.3, 0.4) is 0 Å². The fourth-order valence-electron chi connectivity index (χ4n) is 7.29. The van der Waals surface area contributed by atoms with E-state index < -0.39 is 28.7 Å². The average Bonchev–Trinajstić information content (AvgIpc) is 3.38. The van der Waals surface area contributed by atoms with Crippen LogP contribution >= 0.6 is 23.2 Å². The number of hydrogen-bond acceptors (Lipinski definition) is 6. The number of ether oxygens (including phenoxy) is 2. The number of nitrogens with one attached hydrogen (secondary N) is 2. The normalized spacial score (nSPS) is 28.1. The number of ketones is 1. The highest BCUT2D eigenvalue weighted by atomic mass is 35.5. The van der Waals surface area contributed by atoms with E-state index in [1.165, 1.54) is 6.07 Å². The maximum atomic E-state index is 15.9. The van der Waals surface area contributed by atoms with E-state index in [2.05, 4.69) is 15.5 Å². The Bertz CT molecular complexity index is 1280. The highest BCUT2D eigenvalue weighted by molar-refractivity contribution is 6.31. The van der Waals surface area contributed by atoms with Gasteiger partial charge in [-0.3, -0.25) is 19.8 Å². The summed E-state index contributed by atoms with van der Waals surface area (Å²) in [7, 11) is 0. The number of Topliss-reactive ketones (excluding diaryl/α,β-unsaturated/α-hetero) is 1. The number of fused-ring (bicyclic) bond motifs is 3. The molecule has 0 radical (unpaired) electrons. The molecule has 39 heavy (non-hydrogen) atoms. The predicted octanol–water partition coefficient (Wildman–Crippen LogP) is 4.31. The first-order valence-electron chi connectivity index (χ1n) is 13.6. The average molecular weight is 576 g/mol. The second-order valence-corrected chi connectivity index (χ2v) is 11.8. The molecule has 3 fully saturated rings. The molecule has 6 rings (SSSR count). The molecular weight excluding hydrogens is 544 g/mol. The van der Waals surface area contributed by atoms with Gasteiger partial charge in [-0.1, -0.05) is 41.4 Å². The van der Waals surface area contributed by atoms with Crippen molar-refractivity contribution >= 4 is 40.6 Å². The molecule has 2 N–H and O–H groups in total. The Balaban J connectivity index is 1.45. The molecule has 4 aliphatic heterocycles. The molecule has 2 aromatic carbocycles. The third-order valence-corrected chi connectivity index (χ3v) is 9.54. The zero-order chi connectivity index (χ0) is 27.2. The van der Waals surface area contributed by atoms with Gasteiger partial charge in [-0.05, 0) is 55.1 Å². The minimum atomic E-state index is -1.26. The van der Waals surface area contributed by atoms with Crippen LogP contribution in [0.15, 0.2) is 36.4 Å². The second-order valence-electron chi connectivity index (χ2n) is 10.9. The monoisotopic (exact) mass is 575 g/mol. The van der Waals surface area contributed by atoms with Crippen molar-refractivity contribution in [2.24, 2.45) is 0 Å². The van der Waals surface area contributed by atoms with E-state index in [-0.39, 0.29) is 22.3 Å². The minimum absolute atomic E-state index is 0.0365. The lowest BCUT2D eigenvalue weighted by Gasteiger charge is -2.46. The molecule has 2 aromatic rings. The molecule has 0 unspecified atom stereocenters. The van der Waals surface area contributed by atoms with E-state index in [0.717, 1.165) is 25.2 Å². The predicted molar refractivity (Wildman–Crippen MR) is 147 cm³/mol. The van der Waals surface area contributed by atoms with Gasteiger partial charge in [-0.15, -0.1) is 0 Å². The number of carbonyl (C=O) groups excluding carboxylic acids is 2. The fraction of sp³-hybridized carbons (Fsp3) is 0.517. The molecule has 7 nitrogen and oxygen atoms in total. The van der Waals surface area contributed by atoms with Crippen LogP contribution in [0.25, 0.3) is 0 Å². The summed E-state index contributed by atoms with van der Waals surface area (Å²) in [6, 6.07) is 9.35. The number of benzene rings is 2. The molecule has 4 aliphatic rings. The second kappa shape index (κ2) is 10.7. The zero-order valence-electron chi connectivity index (χ0n) is 21.6. The van der Waals surface area contributed by atoms with Gasteiger partial charge in [0.25, 0.3) is 0 Å². The summed E-state index contributed by atoms with van der Waals surface area (Å²) in [6.45, 7) is 4.71. The summed E-state index contributed by atoms with van der Waals surface area (Å²) >= 11 is 12.6. The molecule has 208 valence electrons. The highest BCUT2D eigenvalue weighted by Gasteiger charge is 2.72. The topological polar surface area (TPSA) is 79.9 Å². The fourth-order valence-corrected chi connectivity index (χ4v) is 7.64. The van der Waals surface area contributed by atoms with Crippen molar-refractivity contribution in [3.8, 4) is 0 Å². The summed E-state index contributed by atoms with van der Waals surface area (Å²) in [4.78, 5) is 30.6. The first-order valence-corrected chi connectivity index (χ1v) is 14.4. The van der Waals surface area contributed by atoms with E-state index >= 15 is 4.39 Å². The molecule has 4 heterocycles. The Kier molecular flexibility index (Phi) is 7.46. The quantitative estimate of drug-likeness (QED) is 0.534. The number of halogens is 3. The number of nitrogens with zero attached hydrogens (tertiary/aromatic N) is 1. The summed E-state index contributed by atoms with van der Waals surface area (Å²) in [5, 5.41) is 7.12. The SMILES string of the molecule is O=C(CCCN1CCOCC1)[C@@H]1NC2(CCOCC2)[C@@]2(C(=O)Nc3cc(Cl)ccc32)[C@H]1c1cccc(Cl)c1F. The smallest absolute Gasteiger partial charge is 0.237 e. The maximum Gasteiger partial charge on any atom is 0.237 e. The Morgan fingerprint density at radius 3 is 2.59 bits per heavy atom. The van der Waals surface area contributed by atoms with Gasteiger partial charge >= 0.3 is 0 Å². The standard InChI is InChI=1S/C29H32Cl2FN3O4/c30-18-6-7-20-22(17-18)33-27(37)29(20)24(19-3-1-4-21(31)25(19)32)26(34-28(29)8-13-38-14-9-28)23(36)5-2-10-35-11-15-39-16-12-35/h1,3-4,6-7,17,24,26,34H,2,5,8-16H2,(H,33,37)/t24-,26-,29+/m0/s1. The third-order valence-electron chi connectivity index (χ3n) is 9.01. The van der Waals surface area contributed by atoms with Crippen LogP contribution in [-0.2, 0) is 24.5 Å². The van der Waals surface area contributed by atoms with Crippen molar-refractivity contribution in [2.45, 2.75) is 48.6 Å². The van der Waals surface area contributed by atoms with Gasteiger partial charge in [0.2, 0.25) is 5.91 Å². The lowest BCUT2D eigenvalue weighted by molar-refractivity contribution is -0.125. The van der Waals surface area contributed by atoms with Gasteiger partial charge in [0.15, 0.2) is 0 Å². The van der Waals surface area contributed by atoms with Crippen molar-refractivity contribution in [2.75, 3.05) is 51.4 Å². The first-order chi connectivity index (χ1) is 18.9. The molecular formula is C29H32Cl2FN3O4. The third kappa shape index (κ3) is 4.40. The van der Waals surface area contributed by atoms with Crippen molar-refractivity contribution in [3.05, 3.63) is 63.4 Å². The molecule has 0 aliphatic carbocycles. The van der Waals surface area contributed by atoms with Gasteiger partial charge in [0, 0.05) is 54.9 Å². The molecule has 3 saturated heterocycles. The number of rotatable bonds is 6. The zero-order valence-corrected chi connectivity index (χ0v) is 23.1. The molecule has 0 bridgehead atoms. The summed E-state index contributed by atoms with van der Waals surface area (Å²) in [6.07, 6.45) is 1.98. The van der Waals surface area contributed by atoms with Crippen LogP contribution in [0.4, 0.5) is 10.1 Å². The summed E-state index contributed by atoms with van der Waals surface area (Å²) in [5.74, 6) is -1.71. The van der Waals surface area contributed by atoms with Gasteiger partial charge < -0.3 is 14.8 Å². The molecule has 0 aromatic heterocycles. The van der Waals surface area contributed by atoms with Crippen LogP contribution in [0.2, 0.25) is 10.0 Å². The van der Waals surface area contributed by atoms with E-state index in [1.54, 1.807) is 24.3 Å². The van der Waals surface area contributed by atoms with Gasteiger partial charge in [-0.2, -0.15) is 0 Å². The lowest BCUT2D eigenvalue weighted by atomic mass is 9.57. The number of anilines is 1. The molecule has 2 spiro atoms. The summed E-state index contributed by atoms with van der Waals surface area (Å²) in [5.41, 5.74) is -0.499. The molecule has 10 heteroatoms. The van der Waals surface area contributed by atoms with Gasteiger partial charge in [-0.25, -0.2) is 4.39 Å². The number of amides is 1.